The maximum Gasteiger partial charge on any atom is 0.230 e. The monoisotopic (exact) mass is 349 g/mol. The second-order valence-corrected chi connectivity index (χ2v) is 7.60. The quantitative estimate of drug-likeness (QED) is 0.850. The number of piperidine rings is 1. The van der Waals surface area contributed by atoms with Crippen LogP contribution in [-0.4, -0.2) is 46.9 Å². The number of likely N-dealkylation sites (tertiary alicyclic amines) is 1. The number of carbonyl (C=O) groups is 1. The van der Waals surface area contributed by atoms with Gasteiger partial charge in [0.25, 0.3) is 0 Å². The highest BCUT2D eigenvalue weighted by molar-refractivity contribution is 5.85. The SMILES string of the molecule is CN(C(=O)[C@H]1CCc2ccccc21)C1CCN(Cc2ccncc2)CC1. The number of nitrogens with zero attached hydrogens (tertiary/aromatic N) is 3. The summed E-state index contributed by atoms with van der Waals surface area (Å²) in [7, 11) is 2.01. The van der Waals surface area contributed by atoms with Gasteiger partial charge in [-0.3, -0.25) is 14.7 Å². The first kappa shape index (κ1) is 17.2. The number of benzene rings is 1. The van der Waals surface area contributed by atoms with Crippen molar-refractivity contribution >= 4 is 5.91 Å². The highest BCUT2D eigenvalue weighted by atomic mass is 16.2. The first-order valence-electron chi connectivity index (χ1n) is 9.68. The fourth-order valence-electron chi connectivity index (χ4n) is 4.45. The lowest BCUT2D eigenvalue weighted by Gasteiger charge is -2.37. The van der Waals surface area contributed by atoms with Gasteiger partial charge in [-0.25, -0.2) is 0 Å². The summed E-state index contributed by atoms with van der Waals surface area (Å²) in [4.78, 5) is 21.7. The molecule has 0 saturated carbocycles. The van der Waals surface area contributed by atoms with Gasteiger partial charge in [0.2, 0.25) is 5.91 Å². The van der Waals surface area contributed by atoms with Crippen molar-refractivity contribution in [3.8, 4) is 0 Å². The molecule has 4 rings (SSSR count). The van der Waals surface area contributed by atoms with Gasteiger partial charge in [-0.1, -0.05) is 24.3 Å². The predicted molar refractivity (Wildman–Crippen MR) is 103 cm³/mol. The van der Waals surface area contributed by atoms with Crippen molar-refractivity contribution in [2.45, 2.75) is 44.2 Å². The average molecular weight is 349 g/mol. The molecule has 1 amide bonds. The number of hydrogen-bond donors (Lipinski definition) is 0. The summed E-state index contributed by atoms with van der Waals surface area (Å²) in [5.41, 5.74) is 3.91. The first-order chi connectivity index (χ1) is 12.7. The van der Waals surface area contributed by atoms with Crippen molar-refractivity contribution in [3.05, 3.63) is 65.5 Å². The van der Waals surface area contributed by atoms with Crippen LogP contribution in [0.3, 0.4) is 0 Å². The van der Waals surface area contributed by atoms with E-state index in [-0.39, 0.29) is 5.92 Å². The zero-order chi connectivity index (χ0) is 17.9. The molecule has 0 radical (unpaired) electrons. The van der Waals surface area contributed by atoms with Gasteiger partial charge in [-0.05, 0) is 54.5 Å². The Labute approximate surface area is 155 Å². The molecule has 2 aromatic rings. The van der Waals surface area contributed by atoms with Gasteiger partial charge >= 0.3 is 0 Å². The Kier molecular flexibility index (Phi) is 5.02. The Morgan fingerprint density at radius 1 is 1.12 bits per heavy atom. The van der Waals surface area contributed by atoms with Crippen molar-refractivity contribution in [1.82, 2.24) is 14.8 Å². The second-order valence-electron chi connectivity index (χ2n) is 7.60. The van der Waals surface area contributed by atoms with E-state index in [4.69, 9.17) is 0 Å². The lowest BCUT2D eigenvalue weighted by Crippen LogP contribution is -2.46. The minimum Gasteiger partial charge on any atom is -0.342 e. The molecule has 1 fully saturated rings. The summed E-state index contributed by atoms with van der Waals surface area (Å²) in [6.45, 7) is 3.07. The highest BCUT2D eigenvalue weighted by Gasteiger charge is 2.33. The predicted octanol–water partition coefficient (Wildman–Crippen LogP) is 3.23. The zero-order valence-corrected chi connectivity index (χ0v) is 15.5. The van der Waals surface area contributed by atoms with E-state index in [9.17, 15) is 4.79 Å². The number of amides is 1. The van der Waals surface area contributed by atoms with Crippen LogP contribution >= 0.6 is 0 Å². The topological polar surface area (TPSA) is 36.4 Å². The van der Waals surface area contributed by atoms with Crippen molar-refractivity contribution in [3.63, 3.8) is 0 Å². The number of likely N-dealkylation sites (N-methyl/N-ethyl adjacent to an activating group) is 1. The highest BCUT2D eigenvalue weighted by Crippen LogP contribution is 2.35. The maximum atomic E-state index is 13.1. The van der Waals surface area contributed by atoms with Gasteiger partial charge in [-0.15, -0.1) is 0 Å². The van der Waals surface area contributed by atoms with E-state index < -0.39 is 0 Å². The van der Waals surface area contributed by atoms with Crippen LogP contribution in [0.1, 0.15) is 41.9 Å². The lowest BCUT2D eigenvalue weighted by molar-refractivity contribution is -0.134. The molecule has 1 saturated heterocycles. The fraction of sp³-hybridized carbons (Fsp3) is 0.455. The molecule has 4 heteroatoms. The largest absolute Gasteiger partial charge is 0.342 e. The summed E-state index contributed by atoms with van der Waals surface area (Å²) in [5.74, 6) is 0.369. The average Bonchev–Trinajstić information content (AvgIpc) is 3.12. The van der Waals surface area contributed by atoms with Crippen molar-refractivity contribution in [1.29, 1.82) is 0 Å². The lowest BCUT2D eigenvalue weighted by atomic mass is 9.97. The summed E-state index contributed by atoms with van der Waals surface area (Å²) >= 11 is 0. The molecule has 1 aromatic heterocycles. The van der Waals surface area contributed by atoms with E-state index in [1.165, 1.54) is 16.7 Å². The van der Waals surface area contributed by atoms with Crippen LogP contribution in [0.4, 0.5) is 0 Å². The Balaban J connectivity index is 1.34. The number of aromatic nitrogens is 1. The molecule has 2 aliphatic rings. The van der Waals surface area contributed by atoms with Gasteiger partial charge in [-0.2, -0.15) is 0 Å². The van der Waals surface area contributed by atoms with Crippen LogP contribution in [-0.2, 0) is 17.8 Å². The summed E-state index contributed by atoms with van der Waals surface area (Å²) < 4.78 is 0. The smallest absolute Gasteiger partial charge is 0.230 e. The Morgan fingerprint density at radius 3 is 2.62 bits per heavy atom. The van der Waals surface area contributed by atoms with E-state index >= 15 is 0 Å². The van der Waals surface area contributed by atoms with Gasteiger partial charge < -0.3 is 4.90 Å². The molecule has 136 valence electrons. The maximum absolute atomic E-state index is 13.1. The standard InChI is InChI=1S/C22H27N3O/c1-24(22(26)21-7-6-18-4-2-3-5-20(18)21)19-10-14-25(15-11-19)16-17-8-12-23-13-9-17/h2-5,8-9,12-13,19,21H,6-7,10-11,14-16H2,1H3/t21-/m0/s1. The number of carbonyl (C=O) groups excluding carboxylic acids is 1. The van der Waals surface area contributed by atoms with E-state index in [0.29, 0.717) is 11.9 Å². The molecule has 0 spiro atoms. The molecule has 0 N–H and O–H groups in total. The molecule has 0 unspecified atom stereocenters. The van der Waals surface area contributed by atoms with Crippen molar-refractivity contribution in [2.24, 2.45) is 0 Å². The van der Waals surface area contributed by atoms with Crippen molar-refractivity contribution < 1.29 is 4.79 Å². The molecule has 26 heavy (non-hydrogen) atoms. The summed E-state index contributed by atoms with van der Waals surface area (Å²) in [5, 5.41) is 0. The number of hydrogen-bond acceptors (Lipinski definition) is 3. The van der Waals surface area contributed by atoms with E-state index in [1.54, 1.807) is 0 Å². The molecule has 1 aliphatic heterocycles. The van der Waals surface area contributed by atoms with Crippen LogP contribution in [0.15, 0.2) is 48.8 Å². The van der Waals surface area contributed by atoms with Crippen LogP contribution in [0.5, 0.6) is 0 Å². The van der Waals surface area contributed by atoms with Gasteiger partial charge in [0.1, 0.15) is 0 Å². The Hall–Kier alpha value is -2.20. The van der Waals surface area contributed by atoms with Crippen LogP contribution in [0.2, 0.25) is 0 Å². The van der Waals surface area contributed by atoms with Gasteiger partial charge in [0.15, 0.2) is 0 Å². The Bertz CT molecular complexity index is 753. The Morgan fingerprint density at radius 2 is 1.85 bits per heavy atom. The van der Waals surface area contributed by atoms with Crippen LogP contribution in [0.25, 0.3) is 0 Å². The van der Waals surface area contributed by atoms with Gasteiger partial charge in [0.05, 0.1) is 5.92 Å². The number of fused-ring (bicyclic) bond motifs is 1. The van der Waals surface area contributed by atoms with E-state index in [1.807, 2.05) is 24.3 Å². The molecule has 4 nitrogen and oxygen atoms in total. The second kappa shape index (κ2) is 7.58. The van der Waals surface area contributed by atoms with E-state index in [0.717, 1.165) is 45.3 Å². The summed E-state index contributed by atoms with van der Waals surface area (Å²) in [6.07, 6.45) is 7.82. The summed E-state index contributed by atoms with van der Waals surface area (Å²) in [6, 6.07) is 13.0. The third-order valence-electron chi connectivity index (χ3n) is 6.04. The normalized spacial score (nSPS) is 20.7. The number of pyridine rings is 1. The molecule has 1 aromatic carbocycles. The fourth-order valence-corrected chi connectivity index (χ4v) is 4.45. The molecule has 1 aliphatic carbocycles. The zero-order valence-electron chi connectivity index (χ0n) is 15.5. The van der Waals surface area contributed by atoms with Gasteiger partial charge in [0, 0.05) is 45.1 Å². The minimum absolute atomic E-state index is 0.0612. The van der Waals surface area contributed by atoms with Crippen LogP contribution in [0, 0.1) is 0 Å². The molecular formula is C22H27N3O. The third-order valence-corrected chi connectivity index (χ3v) is 6.04. The molecule has 0 bridgehead atoms. The molecule has 1 atom stereocenters. The van der Waals surface area contributed by atoms with E-state index in [2.05, 4.69) is 46.3 Å². The molecule has 2 heterocycles. The minimum atomic E-state index is 0.0612. The third kappa shape index (κ3) is 3.51. The van der Waals surface area contributed by atoms with Crippen molar-refractivity contribution in [2.75, 3.05) is 20.1 Å². The number of aryl methyl sites for hydroxylation is 1. The van der Waals surface area contributed by atoms with Crippen LogP contribution < -0.4 is 0 Å². The number of rotatable bonds is 4. The first-order valence-corrected chi connectivity index (χ1v) is 9.68. The molecular weight excluding hydrogens is 322 g/mol.